The quantitative estimate of drug-likeness (QED) is 0.463. The monoisotopic (exact) mass is 417 g/mol. The lowest BCUT2D eigenvalue weighted by Crippen LogP contribution is -2.37. The van der Waals surface area contributed by atoms with E-state index in [1.165, 1.54) is 11.3 Å². The van der Waals surface area contributed by atoms with Gasteiger partial charge in [-0.2, -0.15) is 4.98 Å². The maximum atomic E-state index is 12.7. The highest BCUT2D eigenvalue weighted by Crippen LogP contribution is 2.36. The number of rotatable bonds is 5. The Bertz CT molecular complexity index is 987. The average molecular weight is 418 g/mol. The number of nitrogens with zero attached hydrogens (tertiary/aromatic N) is 3. The number of carbonyl (C=O) groups is 1. The van der Waals surface area contributed by atoms with Gasteiger partial charge in [0.25, 0.3) is 0 Å². The molecule has 0 unspecified atom stereocenters. The van der Waals surface area contributed by atoms with Crippen LogP contribution >= 0.6 is 22.9 Å². The van der Waals surface area contributed by atoms with Gasteiger partial charge in [-0.25, -0.2) is 9.78 Å². The first-order valence-corrected chi connectivity index (χ1v) is 10.3. The third-order valence-corrected chi connectivity index (χ3v) is 6.04. The Kier molecular flexibility index (Phi) is 5.75. The highest BCUT2D eigenvalue weighted by Gasteiger charge is 2.24. The fourth-order valence-electron chi connectivity index (χ4n) is 3.26. The van der Waals surface area contributed by atoms with E-state index in [2.05, 4.69) is 14.9 Å². The van der Waals surface area contributed by atoms with Crippen molar-refractivity contribution < 1.29 is 14.3 Å². The van der Waals surface area contributed by atoms with Crippen molar-refractivity contribution in [1.82, 2.24) is 9.97 Å². The van der Waals surface area contributed by atoms with Crippen LogP contribution in [0.4, 0.5) is 5.82 Å². The van der Waals surface area contributed by atoms with E-state index in [4.69, 9.17) is 21.1 Å². The van der Waals surface area contributed by atoms with Gasteiger partial charge in [-0.15, -0.1) is 11.3 Å². The number of benzene rings is 1. The van der Waals surface area contributed by atoms with Crippen LogP contribution in [-0.2, 0) is 15.9 Å². The number of anilines is 1. The van der Waals surface area contributed by atoms with Gasteiger partial charge in [0.2, 0.25) is 5.28 Å². The SMILES string of the molecule is Cc1c(C(=O)OCCc2ccccc2)sc2nc(Cl)nc(N3CCOCC3)c12. The van der Waals surface area contributed by atoms with Gasteiger partial charge >= 0.3 is 5.97 Å². The molecule has 146 valence electrons. The lowest BCUT2D eigenvalue weighted by Gasteiger charge is -2.28. The molecule has 0 aliphatic carbocycles. The Hall–Kier alpha value is -2.22. The molecule has 0 radical (unpaired) electrons. The number of aromatic nitrogens is 2. The summed E-state index contributed by atoms with van der Waals surface area (Å²) in [5.74, 6) is 0.427. The first kappa shape index (κ1) is 19.1. The Balaban J connectivity index is 1.57. The van der Waals surface area contributed by atoms with Gasteiger partial charge in [0.05, 0.1) is 25.2 Å². The number of fused-ring (bicyclic) bond motifs is 1. The summed E-state index contributed by atoms with van der Waals surface area (Å²) >= 11 is 7.45. The van der Waals surface area contributed by atoms with E-state index in [0.29, 0.717) is 35.9 Å². The Labute approximate surface area is 172 Å². The fraction of sp³-hybridized carbons (Fsp3) is 0.350. The van der Waals surface area contributed by atoms with Gasteiger partial charge in [0.1, 0.15) is 15.5 Å². The standard InChI is InChI=1S/C20H20ClN3O3S/c1-13-15-17(24-8-11-26-12-9-24)22-20(21)23-18(15)28-16(13)19(25)27-10-7-14-5-3-2-4-6-14/h2-6H,7-12H2,1H3. The zero-order valence-electron chi connectivity index (χ0n) is 15.5. The largest absolute Gasteiger partial charge is 0.461 e. The molecule has 1 saturated heterocycles. The Morgan fingerprint density at radius 2 is 2.00 bits per heavy atom. The second-order valence-electron chi connectivity index (χ2n) is 6.52. The third kappa shape index (κ3) is 3.97. The fourth-order valence-corrected chi connectivity index (χ4v) is 4.55. The van der Waals surface area contributed by atoms with Crippen LogP contribution in [0.1, 0.15) is 20.8 Å². The number of esters is 1. The number of morpholine rings is 1. The maximum Gasteiger partial charge on any atom is 0.348 e. The second-order valence-corrected chi connectivity index (χ2v) is 7.86. The van der Waals surface area contributed by atoms with Crippen molar-refractivity contribution >= 4 is 44.9 Å². The summed E-state index contributed by atoms with van der Waals surface area (Å²) in [4.78, 5) is 24.8. The molecule has 0 atom stereocenters. The summed E-state index contributed by atoms with van der Waals surface area (Å²) < 4.78 is 10.9. The van der Waals surface area contributed by atoms with Crippen molar-refractivity contribution in [2.45, 2.75) is 13.3 Å². The Morgan fingerprint density at radius 1 is 1.25 bits per heavy atom. The zero-order chi connectivity index (χ0) is 19.5. The van der Waals surface area contributed by atoms with Gasteiger partial charge < -0.3 is 14.4 Å². The van der Waals surface area contributed by atoms with Crippen LogP contribution in [0.15, 0.2) is 30.3 Å². The van der Waals surface area contributed by atoms with Crippen molar-refractivity contribution in [3.63, 3.8) is 0 Å². The van der Waals surface area contributed by atoms with Crippen LogP contribution in [-0.4, -0.2) is 48.8 Å². The maximum absolute atomic E-state index is 12.7. The van der Waals surface area contributed by atoms with Crippen LogP contribution in [0.25, 0.3) is 10.2 Å². The number of ether oxygens (including phenoxy) is 2. The number of carbonyl (C=O) groups excluding carboxylic acids is 1. The highest BCUT2D eigenvalue weighted by molar-refractivity contribution is 7.20. The molecule has 4 rings (SSSR count). The average Bonchev–Trinajstić information content (AvgIpc) is 3.05. The summed E-state index contributed by atoms with van der Waals surface area (Å²) in [5, 5.41) is 1.05. The van der Waals surface area contributed by atoms with Gasteiger partial charge in [-0.05, 0) is 29.7 Å². The molecule has 0 saturated carbocycles. The molecule has 3 aromatic rings. The molecule has 0 spiro atoms. The molecule has 28 heavy (non-hydrogen) atoms. The van der Waals surface area contributed by atoms with Crippen LogP contribution in [0.3, 0.4) is 0 Å². The second kappa shape index (κ2) is 8.43. The topological polar surface area (TPSA) is 64.5 Å². The van der Waals surface area contributed by atoms with E-state index in [-0.39, 0.29) is 11.3 Å². The molecule has 1 aliphatic rings. The van der Waals surface area contributed by atoms with Crippen molar-refractivity contribution in [3.8, 4) is 0 Å². The van der Waals surface area contributed by atoms with Crippen LogP contribution in [0, 0.1) is 6.92 Å². The minimum absolute atomic E-state index is 0.180. The van der Waals surface area contributed by atoms with E-state index in [1.54, 1.807) is 0 Å². The van der Waals surface area contributed by atoms with Crippen LogP contribution in [0.2, 0.25) is 5.28 Å². The van der Waals surface area contributed by atoms with E-state index in [1.807, 2.05) is 37.3 Å². The summed E-state index contributed by atoms with van der Waals surface area (Å²) in [6, 6.07) is 9.95. The number of aryl methyl sites for hydroxylation is 1. The van der Waals surface area contributed by atoms with Crippen molar-refractivity contribution in [3.05, 3.63) is 51.6 Å². The van der Waals surface area contributed by atoms with Crippen molar-refractivity contribution in [2.75, 3.05) is 37.8 Å². The highest BCUT2D eigenvalue weighted by atomic mass is 35.5. The molecule has 6 nitrogen and oxygen atoms in total. The molecule has 1 aromatic carbocycles. The summed E-state index contributed by atoms with van der Waals surface area (Å²) in [7, 11) is 0. The van der Waals surface area contributed by atoms with E-state index >= 15 is 0 Å². The first-order valence-electron chi connectivity index (χ1n) is 9.14. The minimum atomic E-state index is -0.333. The lowest BCUT2D eigenvalue weighted by molar-refractivity contribution is 0.0514. The van der Waals surface area contributed by atoms with Gasteiger partial charge in [-0.1, -0.05) is 30.3 Å². The summed E-state index contributed by atoms with van der Waals surface area (Å²) in [5.41, 5.74) is 1.97. The molecule has 1 fully saturated rings. The molecule has 8 heteroatoms. The smallest absolute Gasteiger partial charge is 0.348 e. The van der Waals surface area contributed by atoms with Gasteiger partial charge in [-0.3, -0.25) is 0 Å². The molecular formula is C20H20ClN3O3S. The lowest BCUT2D eigenvalue weighted by atomic mass is 10.2. The molecular weight excluding hydrogens is 398 g/mol. The van der Waals surface area contributed by atoms with Crippen LogP contribution in [0.5, 0.6) is 0 Å². The minimum Gasteiger partial charge on any atom is -0.461 e. The third-order valence-electron chi connectivity index (χ3n) is 4.71. The number of hydrogen-bond acceptors (Lipinski definition) is 7. The molecule has 1 aliphatic heterocycles. The predicted molar refractivity (Wildman–Crippen MR) is 111 cm³/mol. The first-order chi connectivity index (χ1) is 13.6. The van der Waals surface area contributed by atoms with Gasteiger partial charge in [0, 0.05) is 19.5 Å². The predicted octanol–water partition coefficient (Wildman–Crippen LogP) is 3.89. The zero-order valence-corrected chi connectivity index (χ0v) is 17.1. The van der Waals surface area contributed by atoms with Crippen molar-refractivity contribution in [1.29, 1.82) is 0 Å². The molecule has 0 N–H and O–H groups in total. The number of halogens is 1. The molecule has 0 bridgehead atoms. The van der Waals surface area contributed by atoms with Crippen molar-refractivity contribution in [2.24, 2.45) is 0 Å². The Morgan fingerprint density at radius 3 is 2.75 bits per heavy atom. The normalized spacial score (nSPS) is 14.4. The summed E-state index contributed by atoms with van der Waals surface area (Å²) in [6.07, 6.45) is 0.682. The number of thiophene rings is 1. The number of hydrogen-bond donors (Lipinski definition) is 0. The molecule has 0 amide bonds. The van der Waals surface area contributed by atoms with E-state index in [0.717, 1.165) is 35.4 Å². The van der Waals surface area contributed by atoms with E-state index in [9.17, 15) is 4.79 Å². The van der Waals surface area contributed by atoms with Crippen LogP contribution < -0.4 is 4.90 Å². The molecule has 2 aromatic heterocycles. The van der Waals surface area contributed by atoms with Gasteiger partial charge in [0.15, 0.2) is 0 Å². The summed E-state index contributed by atoms with van der Waals surface area (Å²) in [6.45, 7) is 4.98. The molecule has 3 heterocycles. The van der Waals surface area contributed by atoms with E-state index < -0.39 is 0 Å².